The second-order valence-corrected chi connectivity index (χ2v) is 4.31. The van der Waals surface area contributed by atoms with Gasteiger partial charge in [0.15, 0.2) is 0 Å². The number of hydrogen-bond donors (Lipinski definition) is 1. The van der Waals surface area contributed by atoms with Gasteiger partial charge >= 0.3 is 5.97 Å². The van der Waals surface area contributed by atoms with Crippen molar-refractivity contribution in [2.24, 2.45) is 0 Å². The lowest BCUT2D eigenvalue weighted by atomic mass is 10.2. The van der Waals surface area contributed by atoms with Gasteiger partial charge in [0.25, 0.3) is 0 Å². The van der Waals surface area contributed by atoms with Gasteiger partial charge in [0.05, 0.1) is 13.7 Å². The summed E-state index contributed by atoms with van der Waals surface area (Å²) in [6.45, 7) is 2.97. The molecular weight excluding hydrogens is 270 g/mol. The molecule has 5 nitrogen and oxygen atoms in total. The highest BCUT2D eigenvalue weighted by atomic mass is 16.5. The van der Waals surface area contributed by atoms with E-state index in [-0.39, 0.29) is 11.9 Å². The normalized spacial score (nSPS) is 10.4. The summed E-state index contributed by atoms with van der Waals surface area (Å²) in [4.78, 5) is 22.5. The molecule has 0 aromatic heterocycles. The third-order valence-corrected chi connectivity index (χ3v) is 2.68. The van der Waals surface area contributed by atoms with Gasteiger partial charge in [0.1, 0.15) is 5.75 Å². The van der Waals surface area contributed by atoms with Crippen molar-refractivity contribution in [2.75, 3.05) is 20.3 Å². The highest BCUT2D eigenvalue weighted by Crippen LogP contribution is 2.14. The van der Waals surface area contributed by atoms with Gasteiger partial charge < -0.3 is 14.8 Å². The maximum Gasteiger partial charge on any atom is 0.305 e. The predicted octanol–water partition coefficient (Wildman–Crippen LogP) is 2.17. The predicted molar refractivity (Wildman–Crippen MR) is 80.9 cm³/mol. The summed E-state index contributed by atoms with van der Waals surface area (Å²) in [7, 11) is 1.35. The highest BCUT2D eigenvalue weighted by molar-refractivity contribution is 5.91. The van der Waals surface area contributed by atoms with Gasteiger partial charge in [-0.2, -0.15) is 0 Å². The van der Waals surface area contributed by atoms with Gasteiger partial charge in [-0.1, -0.05) is 12.1 Å². The quantitative estimate of drug-likeness (QED) is 0.453. The largest absolute Gasteiger partial charge is 0.494 e. The zero-order valence-electron chi connectivity index (χ0n) is 12.4. The molecule has 1 amide bonds. The SMILES string of the molecule is CCOc1cccc(/C=C/C(=O)NCCCC(=O)OC)c1. The van der Waals surface area contributed by atoms with E-state index in [1.165, 1.54) is 13.2 Å². The van der Waals surface area contributed by atoms with Gasteiger partial charge in [0.2, 0.25) is 5.91 Å². The fourth-order valence-corrected chi connectivity index (χ4v) is 1.65. The van der Waals surface area contributed by atoms with Crippen molar-refractivity contribution in [3.8, 4) is 5.75 Å². The maximum absolute atomic E-state index is 11.6. The summed E-state index contributed by atoms with van der Waals surface area (Å²) in [5.74, 6) is 0.312. The van der Waals surface area contributed by atoms with Gasteiger partial charge in [0, 0.05) is 19.0 Å². The first-order valence-electron chi connectivity index (χ1n) is 6.91. The topological polar surface area (TPSA) is 64.6 Å². The van der Waals surface area contributed by atoms with E-state index in [4.69, 9.17) is 4.74 Å². The van der Waals surface area contributed by atoms with Crippen LogP contribution in [0.4, 0.5) is 0 Å². The standard InChI is InChI=1S/C16H21NO4/c1-3-21-14-7-4-6-13(12-14)9-10-15(18)17-11-5-8-16(19)20-2/h4,6-7,9-10,12H,3,5,8,11H2,1-2H3,(H,17,18)/b10-9+. The first-order chi connectivity index (χ1) is 10.2. The van der Waals surface area contributed by atoms with Crippen molar-refractivity contribution in [1.29, 1.82) is 0 Å². The Kier molecular flexibility index (Phi) is 7.64. The zero-order valence-corrected chi connectivity index (χ0v) is 12.4. The Morgan fingerprint density at radius 1 is 1.33 bits per heavy atom. The van der Waals surface area contributed by atoms with E-state index in [1.54, 1.807) is 6.08 Å². The Morgan fingerprint density at radius 3 is 2.86 bits per heavy atom. The van der Waals surface area contributed by atoms with Crippen LogP contribution in [0.25, 0.3) is 6.08 Å². The average molecular weight is 291 g/mol. The lowest BCUT2D eigenvalue weighted by molar-refractivity contribution is -0.140. The molecule has 0 aliphatic carbocycles. The van der Waals surface area contributed by atoms with Crippen LogP contribution in [0.5, 0.6) is 5.75 Å². The van der Waals surface area contributed by atoms with Crippen LogP contribution in [0.1, 0.15) is 25.3 Å². The maximum atomic E-state index is 11.6. The van der Waals surface area contributed by atoms with E-state index in [2.05, 4.69) is 10.1 Å². The number of methoxy groups -OCH3 is 1. The second-order valence-electron chi connectivity index (χ2n) is 4.31. The molecule has 0 radical (unpaired) electrons. The molecule has 0 unspecified atom stereocenters. The number of rotatable bonds is 8. The minimum atomic E-state index is -0.271. The van der Waals surface area contributed by atoms with Crippen LogP contribution in [0, 0.1) is 0 Å². The molecule has 0 aliphatic rings. The van der Waals surface area contributed by atoms with Crippen LogP contribution in [0.2, 0.25) is 0 Å². The molecule has 0 heterocycles. The van der Waals surface area contributed by atoms with Crippen molar-refractivity contribution in [3.05, 3.63) is 35.9 Å². The number of nitrogens with one attached hydrogen (secondary N) is 1. The second kappa shape index (κ2) is 9.58. The van der Waals surface area contributed by atoms with Crippen LogP contribution in [-0.4, -0.2) is 32.1 Å². The van der Waals surface area contributed by atoms with Gasteiger partial charge in [-0.15, -0.1) is 0 Å². The highest BCUT2D eigenvalue weighted by Gasteiger charge is 2.00. The van der Waals surface area contributed by atoms with E-state index in [0.29, 0.717) is 26.0 Å². The molecule has 0 aliphatic heterocycles. The third-order valence-electron chi connectivity index (χ3n) is 2.68. The summed E-state index contributed by atoms with van der Waals surface area (Å²) >= 11 is 0. The zero-order chi connectivity index (χ0) is 15.5. The molecule has 0 atom stereocenters. The third kappa shape index (κ3) is 7.15. The fourth-order valence-electron chi connectivity index (χ4n) is 1.65. The summed E-state index contributed by atoms with van der Waals surface area (Å²) in [6, 6.07) is 7.50. The van der Waals surface area contributed by atoms with Crippen LogP contribution >= 0.6 is 0 Å². The molecule has 1 N–H and O–H groups in total. The van der Waals surface area contributed by atoms with E-state index >= 15 is 0 Å². The first kappa shape index (κ1) is 16.8. The van der Waals surface area contributed by atoms with Crippen molar-refractivity contribution in [2.45, 2.75) is 19.8 Å². The van der Waals surface area contributed by atoms with E-state index in [9.17, 15) is 9.59 Å². The Bertz CT molecular complexity index is 497. The summed E-state index contributed by atoms with van der Waals surface area (Å²) in [5.41, 5.74) is 0.894. The van der Waals surface area contributed by atoms with Gasteiger partial charge in [-0.25, -0.2) is 0 Å². The van der Waals surface area contributed by atoms with E-state index in [1.807, 2.05) is 31.2 Å². The first-order valence-corrected chi connectivity index (χ1v) is 6.91. The van der Waals surface area contributed by atoms with Crippen LogP contribution < -0.4 is 10.1 Å². The lowest BCUT2D eigenvalue weighted by Gasteiger charge is -2.03. The number of carbonyl (C=O) groups is 2. The van der Waals surface area contributed by atoms with Gasteiger partial charge in [-0.3, -0.25) is 9.59 Å². The minimum absolute atomic E-state index is 0.193. The Morgan fingerprint density at radius 2 is 2.14 bits per heavy atom. The Balaban J connectivity index is 2.36. The number of ether oxygens (including phenoxy) is 2. The number of carbonyl (C=O) groups excluding carboxylic acids is 2. The Labute approximate surface area is 124 Å². The number of benzene rings is 1. The number of amides is 1. The molecule has 0 bridgehead atoms. The lowest BCUT2D eigenvalue weighted by Crippen LogP contribution is -2.22. The van der Waals surface area contributed by atoms with Crippen LogP contribution in [0.15, 0.2) is 30.3 Å². The molecule has 0 fully saturated rings. The van der Waals surface area contributed by atoms with Crippen LogP contribution in [0.3, 0.4) is 0 Å². The summed E-state index contributed by atoms with van der Waals surface area (Å²) in [6.07, 6.45) is 4.05. The molecule has 21 heavy (non-hydrogen) atoms. The van der Waals surface area contributed by atoms with Crippen molar-refractivity contribution in [3.63, 3.8) is 0 Å². The smallest absolute Gasteiger partial charge is 0.305 e. The molecule has 114 valence electrons. The molecule has 1 rings (SSSR count). The van der Waals surface area contributed by atoms with E-state index in [0.717, 1.165) is 11.3 Å². The van der Waals surface area contributed by atoms with Crippen molar-refractivity contribution >= 4 is 18.0 Å². The van der Waals surface area contributed by atoms with Gasteiger partial charge in [-0.05, 0) is 37.1 Å². The van der Waals surface area contributed by atoms with Crippen molar-refractivity contribution < 1.29 is 19.1 Å². The monoisotopic (exact) mass is 291 g/mol. The Hall–Kier alpha value is -2.30. The molecule has 0 spiro atoms. The molecule has 5 heteroatoms. The summed E-state index contributed by atoms with van der Waals surface area (Å²) in [5, 5.41) is 2.71. The van der Waals surface area contributed by atoms with Crippen molar-refractivity contribution in [1.82, 2.24) is 5.32 Å². The molecule has 0 saturated carbocycles. The number of hydrogen-bond acceptors (Lipinski definition) is 4. The molecule has 0 saturated heterocycles. The minimum Gasteiger partial charge on any atom is -0.494 e. The molecule has 1 aromatic rings. The molecule has 1 aromatic carbocycles. The van der Waals surface area contributed by atoms with E-state index < -0.39 is 0 Å². The van der Waals surface area contributed by atoms with Crippen LogP contribution in [-0.2, 0) is 14.3 Å². The summed E-state index contributed by atoms with van der Waals surface area (Å²) < 4.78 is 9.90. The molecular formula is C16H21NO4. The number of esters is 1. The fraction of sp³-hybridized carbons (Fsp3) is 0.375. The average Bonchev–Trinajstić information content (AvgIpc) is 2.50.